The molecule has 0 amide bonds. The van der Waals surface area contributed by atoms with Crippen LogP contribution in [0.2, 0.25) is 0 Å². The molecular formula is C8H21AsN6O5. The van der Waals surface area contributed by atoms with E-state index in [0.717, 1.165) is 0 Å². The van der Waals surface area contributed by atoms with Gasteiger partial charge in [-0.2, -0.15) is 0 Å². The summed E-state index contributed by atoms with van der Waals surface area (Å²) in [5.41, 5.74) is 18.1. The van der Waals surface area contributed by atoms with Gasteiger partial charge in [-0.1, -0.05) is 0 Å². The number of nitrogens with one attached hydrogen (secondary N) is 1. The van der Waals surface area contributed by atoms with Gasteiger partial charge in [-0.3, -0.25) is 22.3 Å². The summed E-state index contributed by atoms with van der Waals surface area (Å²) in [5.74, 6) is -0.417. The molecule has 1 aromatic carbocycles. The standard InChI is InChI=1S/C6H7AsO3.2CH5N3.2H2O/c8-7(9,10)6-4-2-1-3-5-6;2*2-1(3)4;;/h1-5H,(H2,8,9,10);2*(H5,2,3,4);2*1H2. The van der Waals surface area contributed by atoms with Crippen LogP contribution < -0.4 is 36.8 Å². The van der Waals surface area contributed by atoms with E-state index in [-0.39, 0.29) is 27.2 Å². The molecule has 1 unspecified atom stereocenters. The summed E-state index contributed by atoms with van der Waals surface area (Å²) in [6.45, 7) is 0. The van der Waals surface area contributed by atoms with E-state index in [0.29, 0.717) is 0 Å². The maximum absolute atomic E-state index is 10.5. The van der Waals surface area contributed by atoms with Gasteiger partial charge in [0.2, 0.25) is 0 Å². The van der Waals surface area contributed by atoms with E-state index in [9.17, 15) is 7.84 Å². The molecule has 0 spiro atoms. The van der Waals surface area contributed by atoms with Crippen LogP contribution in [-0.4, -0.2) is 41.1 Å². The molecule has 0 aliphatic carbocycles. The van der Waals surface area contributed by atoms with Gasteiger partial charge in [0.05, 0.1) is 0 Å². The molecule has 11 nitrogen and oxygen atoms in total. The molecule has 118 valence electrons. The van der Waals surface area contributed by atoms with Crippen LogP contribution in [0.15, 0.2) is 30.3 Å². The molecule has 16 N–H and O–H groups in total. The Hall–Kier alpha value is -2.04. The summed E-state index contributed by atoms with van der Waals surface area (Å²) in [4.78, 5) is 0. The van der Waals surface area contributed by atoms with E-state index < -0.39 is 14.2 Å². The van der Waals surface area contributed by atoms with Crippen molar-refractivity contribution < 1.29 is 28.3 Å². The molecule has 0 bridgehead atoms. The van der Waals surface area contributed by atoms with Gasteiger partial charge < -0.3 is 22.4 Å². The zero-order valence-corrected chi connectivity index (χ0v) is 12.4. The summed E-state index contributed by atoms with van der Waals surface area (Å²) in [5, 5.41) is 10.6. The van der Waals surface area contributed by atoms with Crippen molar-refractivity contribution in [3.05, 3.63) is 30.3 Å². The zero-order chi connectivity index (χ0) is 14.8. The maximum atomic E-state index is 10.5. The first-order valence-corrected chi connectivity index (χ1v) is 7.70. The Bertz CT molecular complexity index is 403. The van der Waals surface area contributed by atoms with Crippen LogP contribution in [0.4, 0.5) is 0 Å². The summed E-state index contributed by atoms with van der Waals surface area (Å²) >= 11 is -4.85. The van der Waals surface area contributed by atoms with Crippen molar-refractivity contribution in [1.29, 1.82) is 5.41 Å². The Morgan fingerprint density at radius 1 is 1.15 bits per heavy atom. The number of nitrogens with two attached hydrogens (primary N) is 5. The summed E-state index contributed by atoms with van der Waals surface area (Å²) in [7, 11) is 0. The topological polar surface area (TPSA) is 277 Å². The molecule has 0 saturated carbocycles. The molecule has 0 radical (unpaired) electrons. The Balaban J connectivity index is -0.000000110. The van der Waals surface area contributed by atoms with E-state index >= 15 is 0 Å². The average Bonchev–Trinajstić information content (AvgIpc) is 2.16. The third-order valence-electron chi connectivity index (χ3n) is 1.08. The normalized spacial score (nSPS) is 10.5. The fourth-order valence-electron chi connectivity index (χ4n) is 0.616. The van der Waals surface area contributed by atoms with Crippen LogP contribution in [0.1, 0.15) is 0 Å². The average molecular weight is 356 g/mol. The number of guanidine groups is 2. The van der Waals surface area contributed by atoms with Crippen molar-refractivity contribution in [2.45, 2.75) is 0 Å². The van der Waals surface area contributed by atoms with E-state index in [1.807, 2.05) is 0 Å². The first-order valence-electron chi connectivity index (χ1n) is 4.39. The van der Waals surface area contributed by atoms with Gasteiger partial charge in [-0.25, -0.2) is 0 Å². The summed E-state index contributed by atoms with van der Waals surface area (Å²) in [6.07, 6.45) is 0. The van der Waals surface area contributed by atoms with Crippen molar-refractivity contribution >= 4 is 30.4 Å². The second-order valence-corrected chi connectivity index (χ2v) is 6.08. The number of rotatable bonds is 1. The number of hydrogen-bond acceptors (Lipinski definition) is 3. The zero-order valence-electron chi connectivity index (χ0n) is 10.5. The molecule has 0 fully saturated rings. The van der Waals surface area contributed by atoms with Crippen LogP contribution in [0.3, 0.4) is 0 Å². The Labute approximate surface area is 118 Å². The fraction of sp³-hybridized carbons (Fsp3) is 0. The van der Waals surface area contributed by atoms with Gasteiger partial charge in [-0.15, -0.1) is 0 Å². The van der Waals surface area contributed by atoms with Crippen molar-refractivity contribution in [2.24, 2.45) is 22.9 Å². The second-order valence-electron chi connectivity index (χ2n) is 2.81. The second kappa shape index (κ2) is 13.4. The van der Waals surface area contributed by atoms with Gasteiger partial charge in [0.1, 0.15) is 0 Å². The first kappa shape index (κ1) is 26.5. The fourth-order valence-corrected chi connectivity index (χ4v) is 1.77. The predicted octanol–water partition coefficient (Wildman–Crippen LogP) is -7.18. The van der Waals surface area contributed by atoms with Gasteiger partial charge in [-0.05, 0) is 0 Å². The minimum absolute atomic E-state index is 0. The van der Waals surface area contributed by atoms with E-state index in [1.54, 1.807) is 18.2 Å². The molecule has 12 heteroatoms. The van der Waals surface area contributed by atoms with E-state index in [1.165, 1.54) is 12.1 Å². The number of hydrogen-bond donors (Lipinski definition) is 7. The van der Waals surface area contributed by atoms with E-state index in [4.69, 9.17) is 9.50 Å². The van der Waals surface area contributed by atoms with Crippen LogP contribution in [0, 0.1) is 5.41 Å². The molecular weight excluding hydrogens is 335 g/mol. The molecule has 0 saturated heterocycles. The predicted molar refractivity (Wildman–Crippen MR) is 73.4 cm³/mol. The van der Waals surface area contributed by atoms with Crippen LogP contribution in [0.25, 0.3) is 0 Å². The Morgan fingerprint density at radius 2 is 1.40 bits per heavy atom. The van der Waals surface area contributed by atoms with Crippen molar-refractivity contribution in [2.75, 3.05) is 0 Å². The number of benzene rings is 1. The molecule has 0 aliphatic rings. The first-order chi connectivity index (χ1) is 8.07. The van der Waals surface area contributed by atoms with Gasteiger partial charge in [0, 0.05) is 0 Å². The molecule has 1 rings (SSSR count). The van der Waals surface area contributed by atoms with Crippen molar-refractivity contribution in [3.63, 3.8) is 0 Å². The SMILES string of the molecule is N=C(N)N.NC(N)=[NH2+].O.O.O=[As]([O-])(O)c1ccccc1. The van der Waals surface area contributed by atoms with E-state index in [2.05, 4.69) is 28.3 Å². The molecule has 1 aromatic rings. The molecule has 20 heavy (non-hydrogen) atoms. The molecule has 1 atom stereocenters. The van der Waals surface area contributed by atoms with Crippen molar-refractivity contribution in [3.8, 4) is 0 Å². The minimum atomic E-state index is -4.85. The van der Waals surface area contributed by atoms with Crippen LogP contribution in [0.5, 0.6) is 0 Å². The van der Waals surface area contributed by atoms with Gasteiger partial charge in [0.25, 0.3) is 0 Å². The molecule has 0 aromatic heterocycles. The monoisotopic (exact) mass is 356 g/mol. The third kappa shape index (κ3) is 25.0. The quantitative estimate of drug-likeness (QED) is 0.145. The van der Waals surface area contributed by atoms with Gasteiger partial charge >= 0.3 is 66.7 Å². The molecule has 0 aliphatic heterocycles. The Kier molecular flexibility index (Phi) is 17.7. The molecule has 0 heterocycles. The van der Waals surface area contributed by atoms with Crippen LogP contribution >= 0.6 is 0 Å². The third-order valence-corrected chi connectivity index (χ3v) is 3.08. The van der Waals surface area contributed by atoms with Crippen LogP contribution in [-0.2, 0) is 3.74 Å². The van der Waals surface area contributed by atoms with Crippen molar-refractivity contribution in [1.82, 2.24) is 0 Å². The summed E-state index contributed by atoms with van der Waals surface area (Å²) < 4.78 is 29.5. The summed E-state index contributed by atoms with van der Waals surface area (Å²) in [6, 6.07) is 7.56. The van der Waals surface area contributed by atoms with Gasteiger partial charge in [0.15, 0.2) is 5.96 Å². The Morgan fingerprint density at radius 3 is 1.55 bits per heavy atom.